The van der Waals surface area contributed by atoms with E-state index < -0.39 is 0 Å². The molecule has 0 bridgehead atoms. The molecule has 4 heteroatoms. The Morgan fingerprint density at radius 3 is 2.75 bits per heavy atom. The van der Waals surface area contributed by atoms with Gasteiger partial charge < -0.3 is 10.2 Å². The number of benzene rings is 1. The van der Waals surface area contributed by atoms with Crippen LogP contribution in [-0.2, 0) is 0 Å². The Kier molecular flexibility index (Phi) is 4.58. The molecule has 1 aromatic carbocycles. The van der Waals surface area contributed by atoms with Crippen LogP contribution in [0.25, 0.3) is 0 Å². The molecule has 2 aliphatic heterocycles. The van der Waals surface area contributed by atoms with Gasteiger partial charge in [0.05, 0.1) is 6.04 Å². The molecule has 2 aliphatic rings. The van der Waals surface area contributed by atoms with E-state index in [4.69, 9.17) is 0 Å². The van der Waals surface area contributed by atoms with E-state index in [1.54, 1.807) is 18.3 Å². The minimum atomic E-state index is -0.192. The average Bonchev–Trinajstić information content (AvgIpc) is 3.09. The van der Waals surface area contributed by atoms with Crippen LogP contribution in [-0.4, -0.2) is 35.1 Å². The largest absolute Gasteiger partial charge is 0.303 e. The van der Waals surface area contributed by atoms with Gasteiger partial charge in [0.1, 0.15) is 5.82 Å². The molecular formula is C20H24FN3. The van der Waals surface area contributed by atoms with Gasteiger partial charge in [0.15, 0.2) is 0 Å². The van der Waals surface area contributed by atoms with Gasteiger partial charge in [0.25, 0.3) is 0 Å². The third kappa shape index (κ3) is 3.35. The van der Waals surface area contributed by atoms with Crippen LogP contribution < -0.4 is 5.32 Å². The SMILES string of the molecule is Fc1ccc([C@H](N[C@@H]2CCN3CCC[C@H]3C2)c2cccnc2)cc1. The first-order valence-electron chi connectivity index (χ1n) is 8.95. The maximum atomic E-state index is 13.3. The molecule has 126 valence electrons. The Hall–Kier alpha value is -1.78. The second kappa shape index (κ2) is 6.99. The smallest absolute Gasteiger partial charge is 0.123 e. The van der Waals surface area contributed by atoms with Crippen molar-refractivity contribution in [2.45, 2.75) is 43.8 Å². The van der Waals surface area contributed by atoms with Crippen molar-refractivity contribution in [2.75, 3.05) is 13.1 Å². The van der Waals surface area contributed by atoms with Crippen molar-refractivity contribution < 1.29 is 4.39 Å². The van der Waals surface area contributed by atoms with Crippen molar-refractivity contribution in [2.24, 2.45) is 0 Å². The third-order valence-electron chi connectivity index (χ3n) is 5.44. The van der Waals surface area contributed by atoms with Crippen LogP contribution in [0.2, 0.25) is 0 Å². The van der Waals surface area contributed by atoms with Crippen molar-refractivity contribution >= 4 is 0 Å². The quantitative estimate of drug-likeness (QED) is 0.932. The van der Waals surface area contributed by atoms with E-state index in [0.29, 0.717) is 6.04 Å². The zero-order chi connectivity index (χ0) is 16.4. The molecule has 2 aromatic rings. The average molecular weight is 325 g/mol. The maximum Gasteiger partial charge on any atom is 0.123 e. The van der Waals surface area contributed by atoms with Crippen molar-refractivity contribution in [3.05, 3.63) is 65.7 Å². The summed E-state index contributed by atoms with van der Waals surface area (Å²) in [7, 11) is 0. The number of fused-ring (bicyclic) bond motifs is 1. The summed E-state index contributed by atoms with van der Waals surface area (Å²) in [5.41, 5.74) is 2.23. The number of hydrogen-bond acceptors (Lipinski definition) is 3. The Labute approximate surface area is 142 Å². The van der Waals surface area contributed by atoms with Crippen LogP contribution in [0.15, 0.2) is 48.8 Å². The zero-order valence-corrected chi connectivity index (χ0v) is 13.9. The third-order valence-corrected chi connectivity index (χ3v) is 5.44. The van der Waals surface area contributed by atoms with Gasteiger partial charge in [-0.1, -0.05) is 18.2 Å². The van der Waals surface area contributed by atoms with E-state index in [0.717, 1.165) is 17.2 Å². The Morgan fingerprint density at radius 1 is 1.08 bits per heavy atom. The highest BCUT2D eigenvalue weighted by molar-refractivity contribution is 5.30. The van der Waals surface area contributed by atoms with Crippen molar-refractivity contribution in [1.82, 2.24) is 15.2 Å². The van der Waals surface area contributed by atoms with E-state index in [1.165, 1.54) is 38.8 Å². The lowest BCUT2D eigenvalue weighted by Gasteiger charge is -2.37. The predicted octanol–water partition coefficient (Wildman–Crippen LogP) is 3.53. The normalized spacial score (nSPS) is 25.4. The maximum absolute atomic E-state index is 13.3. The van der Waals surface area contributed by atoms with Crippen molar-refractivity contribution in [3.63, 3.8) is 0 Å². The summed E-state index contributed by atoms with van der Waals surface area (Å²) in [5.74, 6) is -0.192. The highest BCUT2D eigenvalue weighted by Crippen LogP contribution is 2.30. The summed E-state index contributed by atoms with van der Waals surface area (Å²) in [6, 6.07) is 12.2. The van der Waals surface area contributed by atoms with Gasteiger partial charge in [-0.3, -0.25) is 4.98 Å². The molecule has 24 heavy (non-hydrogen) atoms. The lowest BCUT2D eigenvalue weighted by atomic mass is 9.93. The Bertz CT molecular complexity index is 658. The van der Waals surface area contributed by atoms with E-state index in [-0.39, 0.29) is 11.9 Å². The fourth-order valence-electron chi connectivity index (χ4n) is 4.20. The van der Waals surface area contributed by atoms with Crippen LogP contribution in [0.3, 0.4) is 0 Å². The number of aromatic nitrogens is 1. The number of nitrogens with one attached hydrogen (secondary N) is 1. The van der Waals surface area contributed by atoms with Crippen LogP contribution in [0, 0.1) is 5.82 Å². The second-order valence-corrected chi connectivity index (χ2v) is 6.99. The minimum absolute atomic E-state index is 0.0669. The van der Waals surface area contributed by atoms with Crippen molar-refractivity contribution in [3.8, 4) is 0 Å². The van der Waals surface area contributed by atoms with E-state index >= 15 is 0 Å². The van der Waals surface area contributed by atoms with Gasteiger partial charge in [0, 0.05) is 24.5 Å². The topological polar surface area (TPSA) is 28.2 Å². The van der Waals surface area contributed by atoms with E-state index in [9.17, 15) is 4.39 Å². The molecular weight excluding hydrogens is 301 g/mol. The minimum Gasteiger partial charge on any atom is -0.303 e. The number of rotatable bonds is 4. The highest BCUT2D eigenvalue weighted by atomic mass is 19.1. The lowest BCUT2D eigenvalue weighted by molar-refractivity contribution is 0.163. The molecule has 3 atom stereocenters. The fraction of sp³-hybridized carbons (Fsp3) is 0.450. The molecule has 0 aliphatic carbocycles. The second-order valence-electron chi connectivity index (χ2n) is 6.99. The van der Waals surface area contributed by atoms with E-state index in [1.807, 2.05) is 24.4 Å². The molecule has 2 fully saturated rings. The number of nitrogens with zero attached hydrogens (tertiary/aromatic N) is 2. The van der Waals surface area contributed by atoms with Gasteiger partial charge in [0.2, 0.25) is 0 Å². The first kappa shape index (κ1) is 15.7. The van der Waals surface area contributed by atoms with Crippen LogP contribution >= 0.6 is 0 Å². The predicted molar refractivity (Wildman–Crippen MR) is 93.2 cm³/mol. The molecule has 4 rings (SSSR count). The fourth-order valence-corrected chi connectivity index (χ4v) is 4.20. The first-order valence-corrected chi connectivity index (χ1v) is 8.95. The molecule has 1 aromatic heterocycles. The molecule has 0 unspecified atom stereocenters. The molecule has 0 saturated carbocycles. The zero-order valence-electron chi connectivity index (χ0n) is 13.9. The standard InChI is InChI=1S/C20H24FN3/c21-17-7-5-15(6-8-17)20(16-3-1-10-22-14-16)23-18-9-12-24-11-2-4-19(24)13-18/h1,3,5-8,10,14,18-20,23H,2,4,9,11-13H2/t18-,19+,20+/m1/s1. The molecule has 3 nitrogen and oxygen atoms in total. The summed E-state index contributed by atoms with van der Waals surface area (Å²) >= 11 is 0. The molecule has 0 amide bonds. The number of hydrogen-bond donors (Lipinski definition) is 1. The lowest BCUT2D eigenvalue weighted by Crippen LogP contribution is -2.46. The first-order chi connectivity index (χ1) is 11.8. The summed E-state index contributed by atoms with van der Waals surface area (Å²) in [6.45, 7) is 2.45. The summed E-state index contributed by atoms with van der Waals surface area (Å²) in [4.78, 5) is 6.91. The summed E-state index contributed by atoms with van der Waals surface area (Å²) in [6.07, 6.45) is 8.74. The Morgan fingerprint density at radius 2 is 1.96 bits per heavy atom. The number of halogens is 1. The summed E-state index contributed by atoms with van der Waals surface area (Å²) in [5, 5.41) is 3.83. The monoisotopic (exact) mass is 325 g/mol. The summed E-state index contributed by atoms with van der Waals surface area (Å²) < 4.78 is 13.3. The molecule has 0 radical (unpaired) electrons. The van der Waals surface area contributed by atoms with Crippen molar-refractivity contribution in [1.29, 1.82) is 0 Å². The van der Waals surface area contributed by atoms with E-state index in [2.05, 4.69) is 21.3 Å². The molecule has 0 spiro atoms. The highest BCUT2D eigenvalue weighted by Gasteiger charge is 2.32. The van der Waals surface area contributed by atoms with Crippen LogP contribution in [0.1, 0.15) is 42.9 Å². The van der Waals surface area contributed by atoms with Gasteiger partial charge in [-0.2, -0.15) is 0 Å². The number of pyridine rings is 1. The number of piperidine rings is 1. The van der Waals surface area contributed by atoms with Gasteiger partial charge in [-0.25, -0.2) is 4.39 Å². The molecule has 2 saturated heterocycles. The van der Waals surface area contributed by atoms with Gasteiger partial charge in [-0.05, 0) is 68.1 Å². The Balaban J connectivity index is 1.55. The molecule has 3 heterocycles. The van der Waals surface area contributed by atoms with Gasteiger partial charge >= 0.3 is 0 Å². The van der Waals surface area contributed by atoms with Crippen LogP contribution in [0.4, 0.5) is 4.39 Å². The van der Waals surface area contributed by atoms with Crippen LogP contribution in [0.5, 0.6) is 0 Å². The van der Waals surface area contributed by atoms with Gasteiger partial charge in [-0.15, -0.1) is 0 Å². The molecule has 1 N–H and O–H groups in total.